The fourth-order valence-corrected chi connectivity index (χ4v) is 4.96. The van der Waals surface area contributed by atoms with Crippen molar-refractivity contribution in [3.05, 3.63) is 60.8 Å². The number of carbonyl (C=O) groups is 3. The van der Waals surface area contributed by atoms with Gasteiger partial charge in [0.05, 0.1) is 34.4 Å². The van der Waals surface area contributed by atoms with E-state index in [1.807, 2.05) is 21.1 Å². The first-order chi connectivity index (χ1) is 23.6. The molecule has 8 heteroatoms. The van der Waals surface area contributed by atoms with E-state index in [-0.39, 0.29) is 42.7 Å². The van der Waals surface area contributed by atoms with Gasteiger partial charge in [-0.1, -0.05) is 100 Å². The van der Waals surface area contributed by atoms with E-state index >= 15 is 0 Å². The van der Waals surface area contributed by atoms with Gasteiger partial charge in [-0.05, 0) is 70.6 Å². The SMILES string of the molecule is CC/C=C\C/C=C\C/C=C\C/C=C\CCCCC(=O)OC(COCCC(C(=O)O)[N+](C)(C)C)COC(=O)CCCCCCC/C=C\CCC. The molecular formula is C41H70NO7+. The Kier molecular flexibility index (Phi) is 30.3. The minimum atomic E-state index is -0.887. The lowest BCUT2D eigenvalue weighted by Crippen LogP contribution is -2.50. The highest BCUT2D eigenvalue weighted by molar-refractivity contribution is 5.72. The van der Waals surface area contributed by atoms with Gasteiger partial charge in [-0.3, -0.25) is 9.59 Å². The summed E-state index contributed by atoms with van der Waals surface area (Å²) in [6, 6.07) is -0.624. The largest absolute Gasteiger partial charge is 0.477 e. The Morgan fingerprint density at radius 1 is 0.633 bits per heavy atom. The van der Waals surface area contributed by atoms with Crippen LogP contribution in [0.1, 0.15) is 129 Å². The summed E-state index contributed by atoms with van der Waals surface area (Å²) in [4.78, 5) is 36.7. The lowest BCUT2D eigenvalue weighted by Gasteiger charge is -2.31. The highest BCUT2D eigenvalue weighted by atomic mass is 16.6. The van der Waals surface area contributed by atoms with Crippen molar-refractivity contribution in [2.24, 2.45) is 0 Å². The Bertz CT molecular complexity index is 990. The first kappa shape index (κ1) is 46.0. The van der Waals surface area contributed by atoms with Gasteiger partial charge in [0.25, 0.3) is 0 Å². The summed E-state index contributed by atoms with van der Waals surface area (Å²) in [5.41, 5.74) is 0. The van der Waals surface area contributed by atoms with E-state index in [4.69, 9.17) is 14.2 Å². The molecule has 2 atom stereocenters. The molecule has 0 rings (SSSR count). The molecule has 1 N–H and O–H groups in total. The molecule has 0 radical (unpaired) electrons. The second-order valence-corrected chi connectivity index (χ2v) is 13.4. The molecule has 0 saturated heterocycles. The summed E-state index contributed by atoms with van der Waals surface area (Å²) in [6.45, 7) is 4.47. The van der Waals surface area contributed by atoms with Crippen LogP contribution < -0.4 is 0 Å². The molecule has 0 aromatic heterocycles. The zero-order chi connectivity index (χ0) is 36.4. The minimum absolute atomic E-state index is 0.0388. The molecule has 0 spiro atoms. The van der Waals surface area contributed by atoms with Crippen LogP contribution in [0.15, 0.2) is 60.8 Å². The number of carboxylic acids is 1. The minimum Gasteiger partial charge on any atom is -0.477 e. The molecule has 0 fully saturated rings. The maximum absolute atomic E-state index is 12.6. The molecule has 0 aromatic carbocycles. The smallest absolute Gasteiger partial charge is 0.362 e. The highest BCUT2D eigenvalue weighted by Crippen LogP contribution is 2.12. The van der Waals surface area contributed by atoms with Crippen LogP contribution >= 0.6 is 0 Å². The molecule has 0 heterocycles. The van der Waals surface area contributed by atoms with Crippen LogP contribution in [0.2, 0.25) is 0 Å². The molecule has 0 bridgehead atoms. The van der Waals surface area contributed by atoms with Crippen molar-refractivity contribution in [2.75, 3.05) is 41.0 Å². The first-order valence-electron chi connectivity index (χ1n) is 18.8. The van der Waals surface area contributed by atoms with Crippen LogP contribution in [0, 0.1) is 0 Å². The van der Waals surface area contributed by atoms with Crippen LogP contribution in [0.25, 0.3) is 0 Å². The number of quaternary nitrogens is 1. The maximum Gasteiger partial charge on any atom is 0.362 e. The summed E-state index contributed by atoms with van der Waals surface area (Å²) in [6.07, 6.45) is 37.0. The van der Waals surface area contributed by atoms with Gasteiger partial charge in [-0.15, -0.1) is 0 Å². The predicted molar refractivity (Wildman–Crippen MR) is 201 cm³/mol. The number of likely N-dealkylation sites (N-methyl/N-ethyl adjacent to an activating group) is 1. The van der Waals surface area contributed by atoms with Gasteiger partial charge in [-0.25, -0.2) is 4.79 Å². The molecular weight excluding hydrogens is 618 g/mol. The normalized spacial score (nSPS) is 13.7. The number of unbranched alkanes of at least 4 members (excludes halogenated alkanes) is 8. The molecule has 8 nitrogen and oxygen atoms in total. The Hall–Kier alpha value is -2.97. The predicted octanol–water partition coefficient (Wildman–Crippen LogP) is 9.46. The van der Waals surface area contributed by atoms with E-state index in [9.17, 15) is 19.5 Å². The van der Waals surface area contributed by atoms with Gasteiger partial charge in [0.2, 0.25) is 0 Å². The number of allylic oxidation sites excluding steroid dienone is 10. The molecule has 0 amide bonds. The number of esters is 2. The number of carboxylic acid groups (broad SMARTS) is 1. The average Bonchev–Trinajstić information content (AvgIpc) is 3.05. The van der Waals surface area contributed by atoms with Crippen LogP contribution in [0.4, 0.5) is 0 Å². The second-order valence-electron chi connectivity index (χ2n) is 13.4. The monoisotopic (exact) mass is 689 g/mol. The van der Waals surface area contributed by atoms with Gasteiger partial charge in [-0.2, -0.15) is 0 Å². The third-order valence-electron chi connectivity index (χ3n) is 7.88. The Morgan fingerprint density at radius 2 is 1.14 bits per heavy atom. The van der Waals surface area contributed by atoms with Crippen LogP contribution in [0.3, 0.4) is 0 Å². The van der Waals surface area contributed by atoms with Crippen LogP contribution in [0.5, 0.6) is 0 Å². The second kappa shape index (κ2) is 32.2. The summed E-state index contributed by atoms with van der Waals surface area (Å²) >= 11 is 0. The third-order valence-corrected chi connectivity index (χ3v) is 7.88. The van der Waals surface area contributed by atoms with Gasteiger partial charge in [0.1, 0.15) is 6.61 Å². The molecule has 2 unspecified atom stereocenters. The lowest BCUT2D eigenvalue weighted by molar-refractivity contribution is -0.887. The first-order valence-corrected chi connectivity index (χ1v) is 18.8. The van der Waals surface area contributed by atoms with E-state index in [0.717, 1.165) is 77.0 Å². The zero-order valence-corrected chi connectivity index (χ0v) is 31.6. The standard InChI is InChI=1S/C41H69NO7/c1-6-8-10-12-14-16-18-19-20-21-22-24-26-28-30-32-40(44)49-37(35-47-34-33-38(41(45)46)42(3,4)5)36-48-39(43)31-29-27-25-23-17-15-13-11-9-7-2/h8,10-11,13-14,16,19-20,22,24,37-38H,6-7,9,12,15,17-18,21,23,25-36H2,1-5H3/p+1/b10-8-,13-11-,16-14-,20-19-,24-22-. The average molecular weight is 689 g/mol. The van der Waals surface area contributed by atoms with Crippen molar-refractivity contribution in [1.29, 1.82) is 0 Å². The quantitative estimate of drug-likeness (QED) is 0.0325. The molecule has 49 heavy (non-hydrogen) atoms. The molecule has 0 aliphatic heterocycles. The van der Waals surface area contributed by atoms with Gasteiger partial charge < -0.3 is 23.8 Å². The van der Waals surface area contributed by atoms with Crippen molar-refractivity contribution < 1.29 is 38.2 Å². The van der Waals surface area contributed by atoms with Gasteiger partial charge >= 0.3 is 17.9 Å². The van der Waals surface area contributed by atoms with E-state index in [1.165, 1.54) is 12.8 Å². The number of rotatable bonds is 32. The van der Waals surface area contributed by atoms with Crippen molar-refractivity contribution in [2.45, 2.75) is 142 Å². The van der Waals surface area contributed by atoms with Crippen molar-refractivity contribution in [1.82, 2.24) is 0 Å². The molecule has 0 saturated carbocycles. The summed E-state index contributed by atoms with van der Waals surface area (Å²) in [7, 11) is 5.49. The summed E-state index contributed by atoms with van der Waals surface area (Å²) in [5.74, 6) is -1.55. The van der Waals surface area contributed by atoms with E-state index in [2.05, 4.69) is 74.6 Å². The topological polar surface area (TPSA) is 99.1 Å². The van der Waals surface area contributed by atoms with Gasteiger partial charge in [0.15, 0.2) is 12.1 Å². The number of hydrogen-bond acceptors (Lipinski definition) is 6. The molecule has 0 aliphatic rings. The number of nitrogens with zero attached hydrogens (tertiary/aromatic N) is 1. The Labute approximate surface area is 298 Å². The molecule has 0 aliphatic carbocycles. The highest BCUT2D eigenvalue weighted by Gasteiger charge is 2.31. The number of hydrogen-bond donors (Lipinski definition) is 1. The van der Waals surface area contributed by atoms with E-state index in [0.29, 0.717) is 19.3 Å². The Balaban J connectivity index is 4.53. The molecule has 280 valence electrons. The van der Waals surface area contributed by atoms with Gasteiger partial charge in [0, 0.05) is 19.3 Å². The number of aliphatic carboxylic acids is 1. The van der Waals surface area contributed by atoms with Crippen LogP contribution in [-0.4, -0.2) is 80.6 Å². The Morgan fingerprint density at radius 3 is 1.76 bits per heavy atom. The third kappa shape index (κ3) is 30.8. The summed E-state index contributed by atoms with van der Waals surface area (Å²) < 4.78 is 17.1. The summed E-state index contributed by atoms with van der Waals surface area (Å²) in [5, 5.41) is 9.57. The number of ether oxygens (including phenoxy) is 3. The zero-order valence-electron chi connectivity index (χ0n) is 31.6. The fourth-order valence-electron chi connectivity index (χ4n) is 4.96. The van der Waals surface area contributed by atoms with Crippen molar-refractivity contribution in [3.8, 4) is 0 Å². The molecule has 0 aromatic rings. The number of carbonyl (C=O) groups excluding carboxylic acids is 2. The maximum atomic E-state index is 12.6. The van der Waals surface area contributed by atoms with E-state index in [1.54, 1.807) is 0 Å². The van der Waals surface area contributed by atoms with Crippen LogP contribution in [-0.2, 0) is 28.6 Å². The van der Waals surface area contributed by atoms with Crippen molar-refractivity contribution >= 4 is 17.9 Å². The lowest BCUT2D eigenvalue weighted by atomic mass is 10.1. The van der Waals surface area contributed by atoms with E-state index < -0.39 is 18.1 Å². The fraction of sp³-hybridized carbons (Fsp3) is 0.683. The van der Waals surface area contributed by atoms with Crippen molar-refractivity contribution in [3.63, 3.8) is 0 Å².